The summed E-state index contributed by atoms with van der Waals surface area (Å²) < 4.78 is 15.4. The molecule has 0 unspecified atom stereocenters. The van der Waals surface area contributed by atoms with E-state index < -0.39 is 5.97 Å². The van der Waals surface area contributed by atoms with Crippen molar-refractivity contribution in [2.24, 2.45) is 0 Å². The average molecular weight is 400 g/mol. The highest BCUT2D eigenvalue weighted by Gasteiger charge is 2.23. The van der Waals surface area contributed by atoms with Gasteiger partial charge in [0.25, 0.3) is 5.91 Å². The molecular weight excluding hydrogens is 372 g/mol. The van der Waals surface area contributed by atoms with Gasteiger partial charge in [-0.05, 0) is 56.6 Å². The van der Waals surface area contributed by atoms with Crippen molar-refractivity contribution in [2.75, 3.05) is 33.4 Å². The fourth-order valence-electron chi connectivity index (χ4n) is 3.58. The molecule has 7 nitrogen and oxygen atoms in total. The van der Waals surface area contributed by atoms with Crippen molar-refractivity contribution in [1.29, 1.82) is 0 Å². The van der Waals surface area contributed by atoms with Gasteiger partial charge in [0.2, 0.25) is 0 Å². The Morgan fingerprint density at radius 1 is 1.14 bits per heavy atom. The fraction of sp³-hybridized carbons (Fsp3) is 0.455. The van der Waals surface area contributed by atoms with Gasteiger partial charge in [0.1, 0.15) is 17.1 Å². The van der Waals surface area contributed by atoms with E-state index in [1.807, 2.05) is 24.3 Å². The van der Waals surface area contributed by atoms with Gasteiger partial charge in [-0.1, -0.05) is 18.6 Å². The largest absolute Gasteiger partial charge is 0.497 e. The SMILES string of the molecule is COc1ccc([C@H](CNC(=O)COC(=O)c2ccoc2C)N2CCCCC2)cc1. The Hall–Kier alpha value is -2.80. The maximum Gasteiger partial charge on any atom is 0.342 e. The molecule has 1 aromatic heterocycles. The molecule has 0 aliphatic carbocycles. The third kappa shape index (κ3) is 5.60. The Labute approximate surface area is 171 Å². The number of benzene rings is 1. The quantitative estimate of drug-likeness (QED) is 0.686. The number of rotatable bonds is 8. The van der Waals surface area contributed by atoms with E-state index in [0.29, 0.717) is 17.9 Å². The molecule has 1 saturated heterocycles. The second-order valence-electron chi connectivity index (χ2n) is 7.16. The summed E-state index contributed by atoms with van der Waals surface area (Å²) >= 11 is 0. The zero-order valence-corrected chi connectivity index (χ0v) is 17.0. The molecule has 0 radical (unpaired) electrons. The van der Waals surface area contributed by atoms with Crippen LogP contribution < -0.4 is 10.1 Å². The molecule has 1 N–H and O–H groups in total. The minimum Gasteiger partial charge on any atom is -0.497 e. The molecule has 0 saturated carbocycles. The molecule has 1 aliphatic rings. The number of carbonyl (C=O) groups excluding carboxylic acids is 2. The summed E-state index contributed by atoms with van der Waals surface area (Å²) in [6.07, 6.45) is 4.97. The first kappa shape index (κ1) is 20.9. The number of amides is 1. The Morgan fingerprint density at radius 2 is 1.86 bits per heavy atom. The number of hydrogen-bond donors (Lipinski definition) is 1. The van der Waals surface area contributed by atoms with E-state index in [4.69, 9.17) is 13.9 Å². The molecule has 156 valence electrons. The van der Waals surface area contributed by atoms with Crippen LogP contribution in [0, 0.1) is 6.92 Å². The van der Waals surface area contributed by atoms with E-state index in [1.165, 1.54) is 18.8 Å². The molecule has 1 aromatic carbocycles. The van der Waals surface area contributed by atoms with Gasteiger partial charge in [-0.25, -0.2) is 4.79 Å². The Morgan fingerprint density at radius 3 is 2.48 bits per heavy atom. The number of esters is 1. The molecule has 2 heterocycles. The van der Waals surface area contributed by atoms with Crippen LogP contribution in [0.2, 0.25) is 0 Å². The van der Waals surface area contributed by atoms with Crippen LogP contribution in [0.4, 0.5) is 0 Å². The molecule has 7 heteroatoms. The lowest BCUT2D eigenvalue weighted by Gasteiger charge is -2.35. The van der Waals surface area contributed by atoms with Crippen LogP contribution in [-0.2, 0) is 9.53 Å². The van der Waals surface area contributed by atoms with E-state index in [1.54, 1.807) is 14.0 Å². The smallest absolute Gasteiger partial charge is 0.342 e. The van der Waals surface area contributed by atoms with E-state index in [0.717, 1.165) is 37.2 Å². The number of piperidine rings is 1. The highest BCUT2D eigenvalue weighted by atomic mass is 16.5. The Kier molecular flexibility index (Phi) is 7.30. The van der Waals surface area contributed by atoms with Gasteiger partial charge in [-0.2, -0.15) is 0 Å². The predicted octanol–water partition coefficient (Wildman–Crippen LogP) is 3.10. The molecule has 2 aromatic rings. The number of methoxy groups -OCH3 is 1. The zero-order chi connectivity index (χ0) is 20.6. The fourth-order valence-corrected chi connectivity index (χ4v) is 3.58. The number of likely N-dealkylation sites (tertiary alicyclic amines) is 1. The highest BCUT2D eigenvalue weighted by molar-refractivity contribution is 5.92. The molecule has 3 rings (SSSR count). The van der Waals surface area contributed by atoms with E-state index in [2.05, 4.69) is 10.2 Å². The van der Waals surface area contributed by atoms with Gasteiger partial charge in [-0.3, -0.25) is 9.69 Å². The Balaban J connectivity index is 1.57. The average Bonchev–Trinajstić information content (AvgIpc) is 3.19. The van der Waals surface area contributed by atoms with Crippen LogP contribution in [0.1, 0.15) is 47.0 Å². The predicted molar refractivity (Wildman–Crippen MR) is 108 cm³/mol. The summed E-state index contributed by atoms with van der Waals surface area (Å²) in [7, 11) is 1.64. The normalized spacial score (nSPS) is 15.5. The topological polar surface area (TPSA) is 81.0 Å². The summed E-state index contributed by atoms with van der Waals surface area (Å²) in [5, 5.41) is 2.91. The number of hydrogen-bond acceptors (Lipinski definition) is 6. The van der Waals surface area contributed by atoms with Crippen molar-refractivity contribution >= 4 is 11.9 Å². The second kappa shape index (κ2) is 10.1. The lowest BCUT2D eigenvalue weighted by atomic mass is 10.0. The molecule has 1 fully saturated rings. The number of furan rings is 1. The molecule has 0 bridgehead atoms. The second-order valence-corrected chi connectivity index (χ2v) is 7.16. The minimum absolute atomic E-state index is 0.0666. The summed E-state index contributed by atoms with van der Waals surface area (Å²) in [6.45, 7) is 3.81. The third-order valence-electron chi connectivity index (χ3n) is 5.24. The van der Waals surface area contributed by atoms with Gasteiger partial charge in [0.05, 0.1) is 19.4 Å². The monoisotopic (exact) mass is 400 g/mol. The maximum atomic E-state index is 12.3. The molecular formula is C22H28N2O5. The molecule has 1 aliphatic heterocycles. The summed E-state index contributed by atoms with van der Waals surface area (Å²) in [5.74, 6) is 0.390. The lowest BCUT2D eigenvalue weighted by Crippen LogP contribution is -2.41. The number of ether oxygens (including phenoxy) is 2. The van der Waals surface area contributed by atoms with Crippen LogP contribution >= 0.6 is 0 Å². The zero-order valence-electron chi connectivity index (χ0n) is 17.0. The van der Waals surface area contributed by atoms with Crippen molar-refractivity contribution in [1.82, 2.24) is 10.2 Å². The van der Waals surface area contributed by atoms with Crippen LogP contribution in [0.5, 0.6) is 5.75 Å². The van der Waals surface area contributed by atoms with Gasteiger partial charge in [0.15, 0.2) is 6.61 Å². The van der Waals surface area contributed by atoms with E-state index >= 15 is 0 Å². The van der Waals surface area contributed by atoms with Crippen molar-refractivity contribution < 1.29 is 23.5 Å². The highest BCUT2D eigenvalue weighted by Crippen LogP contribution is 2.25. The van der Waals surface area contributed by atoms with Gasteiger partial charge in [-0.15, -0.1) is 0 Å². The first-order chi connectivity index (χ1) is 14.1. The summed E-state index contributed by atoms with van der Waals surface area (Å²) in [4.78, 5) is 26.7. The van der Waals surface area contributed by atoms with Crippen LogP contribution in [0.25, 0.3) is 0 Å². The van der Waals surface area contributed by atoms with Crippen LogP contribution in [0.15, 0.2) is 41.0 Å². The maximum absolute atomic E-state index is 12.3. The number of nitrogens with one attached hydrogen (secondary N) is 1. The number of nitrogens with zero attached hydrogens (tertiary/aromatic N) is 1. The summed E-state index contributed by atoms with van der Waals surface area (Å²) in [5.41, 5.74) is 1.46. The van der Waals surface area contributed by atoms with Crippen LogP contribution in [-0.4, -0.2) is 50.1 Å². The van der Waals surface area contributed by atoms with Crippen molar-refractivity contribution in [3.05, 3.63) is 53.5 Å². The van der Waals surface area contributed by atoms with Gasteiger partial charge < -0.3 is 19.2 Å². The third-order valence-corrected chi connectivity index (χ3v) is 5.24. The van der Waals surface area contributed by atoms with Crippen LogP contribution in [0.3, 0.4) is 0 Å². The number of aryl methyl sites for hydroxylation is 1. The van der Waals surface area contributed by atoms with Crippen molar-refractivity contribution in [3.8, 4) is 5.75 Å². The van der Waals surface area contributed by atoms with E-state index in [9.17, 15) is 9.59 Å². The first-order valence-electron chi connectivity index (χ1n) is 9.94. The number of carbonyl (C=O) groups is 2. The molecule has 1 atom stereocenters. The Bertz CT molecular complexity index is 809. The first-order valence-corrected chi connectivity index (χ1v) is 9.94. The van der Waals surface area contributed by atoms with Gasteiger partial charge >= 0.3 is 5.97 Å². The summed E-state index contributed by atoms with van der Waals surface area (Å²) in [6, 6.07) is 9.53. The molecule has 1 amide bonds. The van der Waals surface area contributed by atoms with Gasteiger partial charge in [0, 0.05) is 6.54 Å². The van der Waals surface area contributed by atoms with Crippen molar-refractivity contribution in [2.45, 2.75) is 32.2 Å². The van der Waals surface area contributed by atoms with E-state index in [-0.39, 0.29) is 18.6 Å². The molecule has 0 spiro atoms. The standard InChI is InChI=1S/C22H28N2O5/c1-16-19(10-13-28-16)22(26)29-15-21(25)23-14-20(24-11-4-3-5-12-24)17-6-8-18(27-2)9-7-17/h6-10,13,20H,3-5,11-12,14-15H2,1-2H3,(H,23,25)/t20-/m0/s1. The lowest BCUT2D eigenvalue weighted by molar-refractivity contribution is -0.124. The van der Waals surface area contributed by atoms with Crippen molar-refractivity contribution in [3.63, 3.8) is 0 Å². The molecule has 29 heavy (non-hydrogen) atoms. The minimum atomic E-state index is -0.561.